The SMILES string of the molecule is CC(C)[Si](Sc1ccccc1C1CCN(C)CC1)(C(C)C)C(C)C.Ic1ccccc1. The predicted octanol–water partition coefficient (Wildman–Crippen LogP) is 9.05. The van der Waals surface area contributed by atoms with Gasteiger partial charge in [0.2, 0.25) is 0 Å². The normalized spacial score (nSPS) is 16.0. The Hall–Kier alpha value is -0.303. The monoisotopic (exact) mass is 567 g/mol. The molecule has 172 valence electrons. The summed E-state index contributed by atoms with van der Waals surface area (Å²) >= 11 is 4.59. The molecule has 0 saturated carbocycles. The minimum atomic E-state index is -1.47. The molecule has 0 atom stereocenters. The van der Waals surface area contributed by atoms with Gasteiger partial charge in [-0.1, -0.05) is 77.9 Å². The molecule has 0 spiro atoms. The number of piperidine rings is 1. The molecule has 1 saturated heterocycles. The van der Waals surface area contributed by atoms with E-state index < -0.39 is 7.22 Å². The zero-order valence-electron chi connectivity index (χ0n) is 20.6. The lowest BCUT2D eigenvalue weighted by Gasteiger charge is -2.43. The highest BCUT2D eigenvalue weighted by molar-refractivity contribution is 14.1. The third-order valence-corrected chi connectivity index (χ3v) is 19.8. The molecule has 0 N–H and O–H groups in total. The van der Waals surface area contributed by atoms with Crippen molar-refractivity contribution in [2.24, 2.45) is 0 Å². The third kappa shape index (κ3) is 7.34. The van der Waals surface area contributed by atoms with Gasteiger partial charge in [0.05, 0.1) is 0 Å². The van der Waals surface area contributed by atoms with E-state index in [1.165, 1.54) is 29.5 Å². The van der Waals surface area contributed by atoms with Crippen LogP contribution in [-0.2, 0) is 0 Å². The topological polar surface area (TPSA) is 3.24 Å². The maximum Gasteiger partial charge on any atom is 0.131 e. The van der Waals surface area contributed by atoms with E-state index in [9.17, 15) is 0 Å². The fourth-order valence-electron chi connectivity index (χ4n) is 5.19. The van der Waals surface area contributed by atoms with E-state index in [0.717, 1.165) is 22.5 Å². The Morgan fingerprint density at radius 2 is 1.29 bits per heavy atom. The Morgan fingerprint density at radius 3 is 1.74 bits per heavy atom. The average Bonchev–Trinajstić information content (AvgIpc) is 2.73. The van der Waals surface area contributed by atoms with Crippen LogP contribution in [0.15, 0.2) is 59.5 Å². The second kappa shape index (κ2) is 12.8. The van der Waals surface area contributed by atoms with Crippen LogP contribution in [0.2, 0.25) is 16.6 Å². The molecule has 0 bridgehead atoms. The maximum absolute atomic E-state index is 2.47. The highest BCUT2D eigenvalue weighted by Gasteiger charge is 2.44. The summed E-state index contributed by atoms with van der Waals surface area (Å²) < 4.78 is 1.29. The van der Waals surface area contributed by atoms with Crippen molar-refractivity contribution in [2.75, 3.05) is 20.1 Å². The largest absolute Gasteiger partial charge is 0.306 e. The highest BCUT2D eigenvalue weighted by Crippen LogP contribution is 2.53. The lowest BCUT2D eigenvalue weighted by molar-refractivity contribution is 0.254. The number of halogens is 1. The first kappa shape index (κ1) is 26.9. The van der Waals surface area contributed by atoms with E-state index in [-0.39, 0.29) is 0 Å². The second-order valence-corrected chi connectivity index (χ2v) is 19.6. The molecule has 0 aromatic heterocycles. The average molecular weight is 568 g/mol. The second-order valence-electron chi connectivity index (χ2n) is 9.83. The number of hydrogen-bond acceptors (Lipinski definition) is 2. The van der Waals surface area contributed by atoms with Gasteiger partial charge in [0.25, 0.3) is 0 Å². The van der Waals surface area contributed by atoms with Crippen molar-refractivity contribution in [2.45, 2.75) is 81.8 Å². The molecule has 31 heavy (non-hydrogen) atoms. The van der Waals surface area contributed by atoms with Crippen molar-refractivity contribution in [3.63, 3.8) is 0 Å². The van der Waals surface area contributed by atoms with Crippen molar-refractivity contribution < 1.29 is 0 Å². The van der Waals surface area contributed by atoms with Gasteiger partial charge in [-0.2, -0.15) is 0 Å². The molecular weight excluding hydrogens is 525 g/mol. The number of benzene rings is 2. The first-order valence-corrected chi connectivity index (χ1v) is 16.7. The molecule has 0 amide bonds. The molecule has 1 aliphatic rings. The van der Waals surface area contributed by atoms with Crippen LogP contribution in [-0.4, -0.2) is 32.3 Å². The smallest absolute Gasteiger partial charge is 0.131 e. The summed E-state index contributed by atoms with van der Waals surface area (Å²) in [4.78, 5) is 4.07. The van der Waals surface area contributed by atoms with Crippen LogP contribution in [0.3, 0.4) is 0 Å². The van der Waals surface area contributed by atoms with Crippen LogP contribution in [0.4, 0.5) is 0 Å². The number of hydrogen-bond donors (Lipinski definition) is 0. The van der Waals surface area contributed by atoms with E-state index >= 15 is 0 Å². The molecule has 4 heteroatoms. The van der Waals surface area contributed by atoms with E-state index in [0.29, 0.717) is 0 Å². The Labute approximate surface area is 210 Å². The van der Waals surface area contributed by atoms with Crippen molar-refractivity contribution in [3.8, 4) is 0 Å². The summed E-state index contributed by atoms with van der Waals surface area (Å²) in [5.74, 6) is 0.753. The zero-order chi connectivity index (χ0) is 23.0. The fraction of sp³-hybridized carbons (Fsp3) is 0.556. The third-order valence-electron chi connectivity index (χ3n) is 6.80. The summed E-state index contributed by atoms with van der Waals surface area (Å²) in [6, 6.07) is 19.5. The summed E-state index contributed by atoms with van der Waals surface area (Å²) in [5.41, 5.74) is 4.03. The summed E-state index contributed by atoms with van der Waals surface area (Å²) in [7, 11) is 0.784. The minimum absolute atomic E-state index is 0.753. The van der Waals surface area contributed by atoms with Crippen molar-refractivity contribution in [1.82, 2.24) is 4.90 Å². The Kier molecular flexibility index (Phi) is 11.1. The Morgan fingerprint density at radius 1 is 0.806 bits per heavy atom. The van der Waals surface area contributed by atoms with Gasteiger partial charge >= 0.3 is 0 Å². The quantitative estimate of drug-likeness (QED) is 0.253. The minimum Gasteiger partial charge on any atom is -0.306 e. The van der Waals surface area contributed by atoms with Crippen LogP contribution >= 0.6 is 33.8 Å². The van der Waals surface area contributed by atoms with Crippen molar-refractivity contribution in [3.05, 3.63) is 63.7 Å². The molecule has 0 radical (unpaired) electrons. The molecule has 3 rings (SSSR count). The first-order chi connectivity index (χ1) is 14.7. The zero-order valence-corrected chi connectivity index (χ0v) is 24.5. The van der Waals surface area contributed by atoms with Gasteiger partial charge < -0.3 is 4.90 Å². The summed E-state index contributed by atoms with van der Waals surface area (Å²) in [6.07, 6.45) is 2.63. The number of rotatable bonds is 6. The molecular formula is C27H42INSSi. The van der Waals surface area contributed by atoms with Crippen LogP contribution < -0.4 is 0 Å². The summed E-state index contributed by atoms with van der Waals surface area (Å²) in [6.45, 7) is 17.3. The van der Waals surface area contributed by atoms with Gasteiger partial charge in [-0.05, 0) is 102 Å². The standard InChI is InChI=1S/C21H37NSSi.C6H5I/c1-16(2)24(17(3)4,18(5)6)23-21-11-9-8-10-20(21)19-12-14-22(7)15-13-19;7-6-4-2-1-3-5-6/h8-11,16-19H,12-15H2,1-7H3;1-5H. The van der Waals surface area contributed by atoms with Gasteiger partial charge in [-0.25, -0.2) is 0 Å². The lowest BCUT2D eigenvalue weighted by atomic mass is 9.90. The molecule has 1 fully saturated rings. The lowest BCUT2D eigenvalue weighted by Crippen LogP contribution is -2.41. The van der Waals surface area contributed by atoms with Crippen LogP contribution in [0, 0.1) is 3.57 Å². The van der Waals surface area contributed by atoms with Gasteiger partial charge in [0.15, 0.2) is 0 Å². The molecule has 1 heterocycles. The molecule has 1 aliphatic heterocycles. The first-order valence-electron chi connectivity index (χ1n) is 11.9. The maximum atomic E-state index is 2.47. The molecule has 2 aromatic carbocycles. The van der Waals surface area contributed by atoms with E-state index in [4.69, 9.17) is 0 Å². The van der Waals surface area contributed by atoms with Gasteiger partial charge in [0.1, 0.15) is 7.22 Å². The summed E-state index contributed by atoms with van der Waals surface area (Å²) in [5, 5.41) is 0. The molecule has 0 unspecified atom stereocenters. The van der Waals surface area contributed by atoms with Gasteiger partial charge in [0, 0.05) is 8.47 Å². The van der Waals surface area contributed by atoms with Crippen LogP contribution in [0.5, 0.6) is 0 Å². The van der Waals surface area contributed by atoms with Crippen LogP contribution in [0.1, 0.15) is 65.9 Å². The molecule has 0 aliphatic carbocycles. The highest BCUT2D eigenvalue weighted by atomic mass is 127. The van der Waals surface area contributed by atoms with Crippen LogP contribution in [0.25, 0.3) is 0 Å². The van der Waals surface area contributed by atoms with Gasteiger partial charge in [-0.3, -0.25) is 0 Å². The van der Waals surface area contributed by atoms with E-state index in [1.807, 2.05) is 18.2 Å². The van der Waals surface area contributed by atoms with E-state index in [1.54, 1.807) is 10.5 Å². The number of nitrogens with zero attached hydrogens (tertiary/aromatic N) is 1. The molecule has 1 nitrogen and oxygen atoms in total. The molecule has 2 aromatic rings. The van der Waals surface area contributed by atoms with Crippen molar-refractivity contribution >= 4 is 41.0 Å². The van der Waals surface area contributed by atoms with Gasteiger partial charge in [-0.15, -0.1) is 11.2 Å². The fourth-order valence-corrected chi connectivity index (χ4v) is 15.0. The predicted molar refractivity (Wildman–Crippen MR) is 152 cm³/mol. The Balaban J connectivity index is 0.000000412. The van der Waals surface area contributed by atoms with Crippen molar-refractivity contribution in [1.29, 1.82) is 0 Å². The Bertz CT molecular complexity index is 748. The van der Waals surface area contributed by atoms with E-state index in [2.05, 4.69) is 124 Å². The number of likely N-dealkylation sites (tertiary alicyclic amines) is 1.